The minimum atomic E-state index is -3.43. The van der Waals surface area contributed by atoms with E-state index in [1.807, 2.05) is 91.5 Å². The minimum Gasteiger partial charge on any atom is -0.422 e. The SMILES string of the molecule is C[Si](O)(O[Si](C)(O[Si](C)(O[Si](c1ccccc1)(c1ccccc1)c1ccccc1)c1ccccc1)c1ccccc1)c1ccccc1. The molecule has 6 aromatic carbocycles. The van der Waals surface area contributed by atoms with Gasteiger partial charge in [0.2, 0.25) is 0 Å². The first-order valence-corrected chi connectivity index (χ1v) is 24.8. The molecule has 0 radical (unpaired) electrons. The van der Waals surface area contributed by atoms with Gasteiger partial charge in [0, 0.05) is 0 Å². The molecule has 6 rings (SSSR count). The van der Waals surface area contributed by atoms with Crippen molar-refractivity contribution in [2.24, 2.45) is 0 Å². The van der Waals surface area contributed by atoms with Crippen molar-refractivity contribution in [3.8, 4) is 0 Å². The molecule has 0 fully saturated rings. The van der Waals surface area contributed by atoms with Gasteiger partial charge in [0.05, 0.1) is 0 Å². The van der Waals surface area contributed by atoms with Crippen molar-refractivity contribution in [3.63, 3.8) is 0 Å². The molecule has 0 aliphatic heterocycles. The molecule has 0 bridgehead atoms. The summed E-state index contributed by atoms with van der Waals surface area (Å²) in [5.41, 5.74) is 0. The number of rotatable bonds is 12. The molecule has 47 heavy (non-hydrogen) atoms. The highest BCUT2D eigenvalue weighted by Crippen LogP contribution is 2.25. The maximum Gasteiger partial charge on any atom is 0.358 e. The van der Waals surface area contributed by atoms with Crippen LogP contribution in [-0.2, 0) is 12.3 Å². The predicted molar refractivity (Wildman–Crippen MR) is 203 cm³/mol. The number of benzene rings is 6. The van der Waals surface area contributed by atoms with Crippen molar-refractivity contribution in [3.05, 3.63) is 182 Å². The summed E-state index contributed by atoms with van der Waals surface area (Å²) in [5.74, 6) is 0. The van der Waals surface area contributed by atoms with Crippen LogP contribution < -0.4 is 31.1 Å². The molecule has 4 nitrogen and oxygen atoms in total. The van der Waals surface area contributed by atoms with Gasteiger partial charge in [0.25, 0.3) is 8.32 Å². The third-order valence-electron chi connectivity index (χ3n) is 8.58. The second-order valence-electron chi connectivity index (χ2n) is 12.1. The van der Waals surface area contributed by atoms with Crippen LogP contribution in [0, 0.1) is 0 Å². The molecule has 0 saturated heterocycles. The Morgan fingerprint density at radius 2 is 0.574 bits per heavy atom. The Hall–Kier alpha value is -3.97. The summed E-state index contributed by atoms with van der Waals surface area (Å²) in [6.45, 7) is 6.04. The van der Waals surface area contributed by atoms with E-state index in [2.05, 4.69) is 110 Å². The summed E-state index contributed by atoms with van der Waals surface area (Å²) in [7, 11) is -13.5. The summed E-state index contributed by atoms with van der Waals surface area (Å²) >= 11 is 0. The Labute approximate surface area is 282 Å². The molecular formula is C39H40O4Si4. The van der Waals surface area contributed by atoms with E-state index in [9.17, 15) is 4.80 Å². The van der Waals surface area contributed by atoms with E-state index >= 15 is 0 Å². The summed E-state index contributed by atoms with van der Waals surface area (Å²) < 4.78 is 22.6. The zero-order valence-electron chi connectivity index (χ0n) is 27.0. The lowest BCUT2D eigenvalue weighted by Crippen LogP contribution is -2.77. The van der Waals surface area contributed by atoms with Crippen LogP contribution in [0.3, 0.4) is 0 Å². The minimum absolute atomic E-state index is 0.795. The molecular weight excluding hydrogens is 645 g/mol. The van der Waals surface area contributed by atoms with Gasteiger partial charge in [-0.3, -0.25) is 0 Å². The van der Waals surface area contributed by atoms with Crippen LogP contribution in [0.15, 0.2) is 182 Å². The van der Waals surface area contributed by atoms with E-state index in [4.69, 9.17) is 12.3 Å². The van der Waals surface area contributed by atoms with Gasteiger partial charge in [0.15, 0.2) is 0 Å². The summed E-state index contributed by atoms with van der Waals surface area (Å²) in [5, 5.41) is 6.12. The first-order valence-electron chi connectivity index (χ1n) is 15.9. The molecule has 236 valence electrons. The summed E-state index contributed by atoms with van der Waals surface area (Å²) in [6.07, 6.45) is 0. The Morgan fingerprint density at radius 1 is 0.319 bits per heavy atom. The van der Waals surface area contributed by atoms with Crippen LogP contribution >= 0.6 is 0 Å². The van der Waals surface area contributed by atoms with Crippen molar-refractivity contribution in [1.82, 2.24) is 0 Å². The van der Waals surface area contributed by atoms with Gasteiger partial charge in [-0.15, -0.1) is 0 Å². The fraction of sp³-hybridized carbons (Fsp3) is 0.0769. The zero-order valence-corrected chi connectivity index (χ0v) is 31.0. The van der Waals surface area contributed by atoms with E-state index in [-0.39, 0.29) is 0 Å². The Morgan fingerprint density at radius 3 is 0.894 bits per heavy atom. The van der Waals surface area contributed by atoms with E-state index in [1.54, 1.807) is 0 Å². The second kappa shape index (κ2) is 14.0. The predicted octanol–water partition coefficient (Wildman–Crippen LogP) is 4.63. The standard InChI is InChI=1S/C39H40O4Si4/c1-44(40,34-22-10-4-11-23-34)41-45(2,35-24-12-5-13-25-35)42-46(3,36-26-14-6-15-27-36)43-47(37-28-16-7-17-29-37,38-30-18-8-19-31-38)39-32-20-9-21-33-39/h4-33,40H,1-3H3. The Bertz CT molecular complexity index is 1750. The van der Waals surface area contributed by atoms with Crippen LogP contribution in [0.1, 0.15) is 0 Å². The number of hydrogen-bond donors (Lipinski definition) is 1. The van der Waals surface area contributed by atoms with Crippen molar-refractivity contribution >= 4 is 65.1 Å². The third kappa shape index (κ3) is 7.01. The largest absolute Gasteiger partial charge is 0.422 e. The molecule has 0 aliphatic carbocycles. The van der Waals surface area contributed by atoms with Crippen LogP contribution in [-0.4, -0.2) is 38.8 Å². The van der Waals surface area contributed by atoms with Crippen LogP contribution in [0.4, 0.5) is 0 Å². The van der Waals surface area contributed by atoms with Crippen LogP contribution in [0.5, 0.6) is 0 Å². The zero-order chi connectivity index (χ0) is 32.8. The normalized spacial score (nSPS) is 15.6. The molecule has 0 heterocycles. The highest BCUT2D eigenvalue weighted by Gasteiger charge is 2.55. The summed E-state index contributed by atoms with van der Waals surface area (Å²) in [6, 6.07) is 61.9. The maximum absolute atomic E-state index is 12.1. The highest BCUT2D eigenvalue weighted by molar-refractivity contribution is 7.12. The molecule has 0 amide bonds. The molecule has 8 heteroatoms. The highest BCUT2D eigenvalue weighted by atomic mass is 28.5. The molecule has 0 aliphatic rings. The topological polar surface area (TPSA) is 47.9 Å². The smallest absolute Gasteiger partial charge is 0.358 e. The monoisotopic (exact) mass is 684 g/mol. The molecule has 0 saturated carbocycles. The third-order valence-corrected chi connectivity index (χ3v) is 25.2. The molecule has 3 atom stereocenters. The van der Waals surface area contributed by atoms with Crippen LogP contribution in [0.25, 0.3) is 0 Å². The van der Waals surface area contributed by atoms with Gasteiger partial charge in [-0.05, 0) is 50.8 Å². The van der Waals surface area contributed by atoms with Gasteiger partial charge in [-0.2, -0.15) is 0 Å². The van der Waals surface area contributed by atoms with E-state index in [1.165, 1.54) is 0 Å². The van der Waals surface area contributed by atoms with Crippen LogP contribution in [0.2, 0.25) is 19.6 Å². The van der Waals surface area contributed by atoms with Gasteiger partial charge in [-0.25, -0.2) is 0 Å². The van der Waals surface area contributed by atoms with Crippen molar-refractivity contribution in [2.75, 3.05) is 0 Å². The Balaban J connectivity index is 1.58. The molecule has 0 aromatic heterocycles. The van der Waals surface area contributed by atoms with Gasteiger partial charge in [-0.1, -0.05) is 182 Å². The van der Waals surface area contributed by atoms with Crippen molar-refractivity contribution < 1.29 is 17.1 Å². The van der Waals surface area contributed by atoms with Crippen molar-refractivity contribution in [2.45, 2.75) is 19.6 Å². The molecule has 0 spiro atoms. The van der Waals surface area contributed by atoms with E-state index < -0.39 is 34.0 Å². The average Bonchev–Trinajstić information content (AvgIpc) is 3.12. The first kappa shape index (κ1) is 32.9. The molecule has 6 aromatic rings. The van der Waals surface area contributed by atoms with Gasteiger partial charge >= 0.3 is 25.7 Å². The summed E-state index contributed by atoms with van der Waals surface area (Å²) in [4.78, 5) is 12.1. The second-order valence-corrected chi connectivity index (χ2v) is 25.1. The van der Waals surface area contributed by atoms with Crippen molar-refractivity contribution in [1.29, 1.82) is 0 Å². The molecule has 3 unspecified atom stereocenters. The van der Waals surface area contributed by atoms with E-state index in [0.29, 0.717) is 0 Å². The van der Waals surface area contributed by atoms with Gasteiger partial charge in [0.1, 0.15) is 0 Å². The van der Waals surface area contributed by atoms with Gasteiger partial charge < -0.3 is 17.1 Å². The fourth-order valence-electron chi connectivity index (χ4n) is 6.30. The molecule has 1 N–H and O–H groups in total. The van der Waals surface area contributed by atoms with E-state index in [0.717, 1.165) is 31.1 Å². The first-order chi connectivity index (χ1) is 22.8. The average molecular weight is 685 g/mol. The lowest BCUT2D eigenvalue weighted by atomic mass is 10.3. The Kier molecular flexibility index (Phi) is 9.83. The maximum atomic E-state index is 12.1. The number of hydrogen-bond acceptors (Lipinski definition) is 4. The fourth-order valence-corrected chi connectivity index (χ4v) is 24.9. The quantitative estimate of drug-likeness (QED) is 0.151. The lowest BCUT2D eigenvalue weighted by Gasteiger charge is -2.45. The lowest BCUT2D eigenvalue weighted by molar-refractivity contribution is 0.312.